The predicted octanol–water partition coefficient (Wildman–Crippen LogP) is 3.46. The molecular formula is C22H27NO5. The molecule has 28 heavy (non-hydrogen) atoms. The summed E-state index contributed by atoms with van der Waals surface area (Å²) in [5.41, 5.74) is 0.270. The quantitative estimate of drug-likeness (QED) is 0.501. The van der Waals surface area contributed by atoms with E-state index in [0.29, 0.717) is 18.3 Å². The third-order valence-corrected chi connectivity index (χ3v) is 4.18. The molecule has 2 rings (SSSR count). The Kier molecular flexibility index (Phi) is 8.34. The Balaban J connectivity index is 1.83. The second-order valence-corrected chi connectivity index (χ2v) is 6.68. The fraction of sp³-hybridized carbons (Fsp3) is 0.364. The summed E-state index contributed by atoms with van der Waals surface area (Å²) in [6.45, 7) is 6.19. The van der Waals surface area contributed by atoms with Gasteiger partial charge in [-0.3, -0.25) is 4.79 Å². The molecule has 6 nitrogen and oxygen atoms in total. The van der Waals surface area contributed by atoms with Crippen LogP contribution in [0.4, 0.5) is 0 Å². The summed E-state index contributed by atoms with van der Waals surface area (Å²) in [5, 5.41) is 2.79. The summed E-state index contributed by atoms with van der Waals surface area (Å²) >= 11 is 0. The zero-order chi connectivity index (χ0) is 20.4. The molecule has 0 heterocycles. The van der Waals surface area contributed by atoms with E-state index < -0.39 is 5.97 Å². The molecule has 0 unspecified atom stereocenters. The molecule has 2 aromatic rings. The first-order chi connectivity index (χ1) is 13.5. The maximum atomic E-state index is 12.3. The van der Waals surface area contributed by atoms with Gasteiger partial charge in [-0.15, -0.1) is 0 Å². The van der Waals surface area contributed by atoms with E-state index in [1.165, 1.54) is 0 Å². The van der Waals surface area contributed by atoms with Crippen LogP contribution in [0.25, 0.3) is 0 Å². The minimum atomic E-state index is -0.605. The van der Waals surface area contributed by atoms with Gasteiger partial charge in [-0.1, -0.05) is 44.2 Å². The van der Waals surface area contributed by atoms with Crippen molar-refractivity contribution in [3.63, 3.8) is 0 Å². The standard InChI is InChI=1S/C22H27NO5/c1-16(2)17(3)23-21(24)15-28-22(25)19-11-7-8-12-20(19)27-14-13-26-18-9-5-4-6-10-18/h4-12,16-17H,13-15H2,1-3H3,(H,23,24)/t17-/m0/s1. The number of hydrogen-bond donors (Lipinski definition) is 1. The molecule has 2 aromatic carbocycles. The summed E-state index contributed by atoms with van der Waals surface area (Å²) in [4.78, 5) is 24.2. The van der Waals surface area contributed by atoms with Gasteiger partial charge in [0.1, 0.15) is 30.3 Å². The zero-order valence-corrected chi connectivity index (χ0v) is 16.5. The predicted molar refractivity (Wildman–Crippen MR) is 107 cm³/mol. The van der Waals surface area contributed by atoms with E-state index in [1.54, 1.807) is 24.3 Å². The average molecular weight is 385 g/mol. The van der Waals surface area contributed by atoms with Gasteiger partial charge in [0.25, 0.3) is 5.91 Å². The number of carbonyl (C=O) groups is 2. The first-order valence-electron chi connectivity index (χ1n) is 9.33. The van der Waals surface area contributed by atoms with Crippen LogP contribution < -0.4 is 14.8 Å². The lowest BCUT2D eigenvalue weighted by atomic mass is 10.1. The Hall–Kier alpha value is -3.02. The third-order valence-electron chi connectivity index (χ3n) is 4.18. The SMILES string of the molecule is CC(C)[C@H](C)NC(=O)COC(=O)c1ccccc1OCCOc1ccccc1. The number of amides is 1. The van der Waals surface area contributed by atoms with Crippen LogP contribution in [0.1, 0.15) is 31.1 Å². The first kappa shape index (κ1) is 21.3. The minimum Gasteiger partial charge on any atom is -0.490 e. The number of rotatable bonds is 10. The van der Waals surface area contributed by atoms with Crippen molar-refractivity contribution in [2.75, 3.05) is 19.8 Å². The Morgan fingerprint density at radius 1 is 0.893 bits per heavy atom. The number of para-hydroxylation sites is 2. The van der Waals surface area contributed by atoms with Gasteiger partial charge >= 0.3 is 5.97 Å². The lowest BCUT2D eigenvalue weighted by Gasteiger charge is -2.17. The lowest BCUT2D eigenvalue weighted by Crippen LogP contribution is -2.38. The third kappa shape index (κ3) is 6.95. The van der Waals surface area contributed by atoms with Gasteiger partial charge in [-0.2, -0.15) is 0 Å². The van der Waals surface area contributed by atoms with Crippen molar-refractivity contribution in [3.05, 3.63) is 60.2 Å². The summed E-state index contributed by atoms with van der Waals surface area (Å²) in [6.07, 6.45) is 0. The number of carbonyl (C=O) groups excluding carboxylic acids is 2. The fourth-order valence-electron chi connectivity index (χ4n) is 2.26. The van der Waals surface area contributed by atoms with Gasteiger partial charge in [-0.05, 0) is 37.1 Å². The van der Waals surface area contributed by atoms with Gasteiger partial charge in [0, 0.05) is 6.04 Å². The smallest absolute Gasteiger partial charge is 0.342 e. The van der Waals surface area contributed by atoms with E-state index in [0.717, 1.165) is 5.75 Å². The lowest BCUT2D eigenvalue weighted by molar-refractivity contribution is -0.125. The molecule has 6 heteroatoms. The molecule has 0 saturated carbocycles. The topological polar surface area (TPSA) is 73.9 Å². The second kappa shape index (κ2) is 11.0. The molecule has 0 aliphatic heterocycles. The zero-order valence-electron chi connectivity index (χ0n) is 16.5. The Morgan fingerprint density at radius 2 is 1.54 bits per heavy atom. The van der Waals surface area contributed by atoms with Crippen molar-refractivity contribution in [1.82, 2.24) is 5.32 Å². The number of ether oxygens (including phenoxy) is 3. The van der Waals surface area contributed by atoms with Crippen molar-refractivity contribution in [2.24, 2.45) is 5.92 Å². The maximum Gasteiger partial charge on any atom is 0.342 e. The molecule has 0 bridgehead atoms. The second-order valence-electron chi connectivity index (χ2n) is 6.68. The summed E-state index contributed by atoms with van der Waals surface area (Å²) in [6, 6.07) is 16.2. The fourth-order valence-corrected chi connectivity index (χ4v) is 2.26. The molecule has 0 aromatic heterocycles. The average Bonchev–Trinajstić information content (AvgIpc) is 2.70. The van der Waals surface area contributed by atoms with Gasteiger partial charge in [-0.25, -0.2) is 4.79 Å². The molecule has 0 spiro atoms. The van der Waals surface area contributed by atoms with E-state index in [9.17, 15) is 9.59 Å². The molecule has 1 atom stereocenters. The number of hydrogen-bond acceptors (Lipinski definition) is 5. The molecule has 0 aliphatic rings. The van der Waals surface area contributed by atoms with Crippen LogP contribution in [0.3, 0.4) is 0 Å². The summed E-state index contributed by atoms with van der Waals surface area (Å²) < 4.78 is 16.4. The van der Waals surface area contributed by atoms with Crippen LogP contribution in [-0.2, 0) is 9.53 Å². The number of esters is 1. The Labute approximate surface area is 165 Å². The van der Waals surface area contributed by atoms with Gasteiger partial charge in [0.2, 0.25) is 0 Å². The molecular weight excluding hydrogens is 358 g/mol. The molecule has 1 amide bonds. The first-order valence-corrected chi connectivity index (χ1v) is 9.33. The van der Waals surface area contributed by atoms with Crippen LogP contribution in [0, 0.1) is 5.92 Å². The highest BCUT2D eigenvalue weighted by Crippen LogP contribution is 2.19. The summed E-state index contributed by atoms with van der Waals surface area (Å²) in [7, 11) is 0. The minimum absolute atomic E-state index is 0.00596. The number of nitrogens with one attached hydrogen (secondary N) is 1. The van der Waals surface area contributed by atoms with E-state index in [1.807, 2.05) is 51.1 Å². The van der Waals surface area contributed by atoms with Crippen LogP contribution in [0.5, 0.6) is 11.5 Å². The van der Waals surface area contributed by atoms with Crippen molar-refractivity contribution < 1.29 is 23.8 Å². The Bertz CT molecular complexity index is 761. The summed E-state index contributed by atoms with van der Waals surface area (Å²) in [5.74, 6) is 0.503. The van der Waals surface area contributed by atoms with E-state index in [2.05, 4.69) is 5.32 Å². The van der Waals surface area contributed by atoms with Gasteiger partial charge in [0.15, 0.2) is 6.61 Å². The largest absolute Gasteiger partial charge is 0.490 e. The van der Waals surface area contributed by atoms with Crippen molar-refractivity contribution >= 4 is 11.9 Å². The molecule has 0 aliphatic carbocycles. The monoisotopic (exact) mass is 385 g/mol. The van der Waals surface area contributed by atoms with Crippen molar-refractivity contribution in [2.45, 2.75) is 26.8 Å². The highest BCUT2D eigenvalue weighted by molar-refractivity contribution is 5.94. The molecule has 0 radical (unpaired) electrons. The van der Waals surface area contributed by atoms with Crippen LogP contribution in [0.15, 0.2) is 54.6 Å². The molecule has 0 saturated heterocycles. The van der Waals surface area contributed by atoms with Crippen molar-refractivity contribution in [3.8, 4) is 11.5 Å². The van der Waals surface area contributed by atoms with E-state index >= 15 is 0 Å². The van der Waals surface area contributed by atoms with Gasteiger partial charge < -0.3 is 19.5 Å². The number of benzene rings is 2. The van der Waals surface area contributed by atoms with Gasteiger partial charge in [0.05, 0.1) is 0 Å². The normalized spacial score (nSPS) is 11.6. The van der Waals surface area contributed by atoms with Crippen LogP contribution in [-0.4, -0.2) is 37.7 Å². The highest BCUT2D eigenvalue weighted by atomic mass is 16.5. The van der Waals surface area contributed by atoms with Crippen LogP contribution >= 0.6 is 0 Å². The molecule has 150 valence electrons. The molecule has 1 N–H and O–H groups in total. The highest BCUT2D eigenvalue weighted by Gasteiger charge is 2.17. The maximum absolute atomic E-state index is 12.3. The molecule has 0 fully saturated rings. The van der Waals surface area contributed by atoms with Crippen LogP contribution in [0.2, 0.25) is 0 Å². The van der Waals surface area contributed by atoms with Crippen molar-refractivity contribution in [1.29, 1.82) is 0 Å². The Morgan fingerprint density at radius 3 is 2.25 bits per heavy atom. The van der Waals surface area contributed by atoms with E-state index in [-0.39, 0.29) is 30.7 Å². The van der Waals surface area contributed by atoms with E-state index in [4.69, 9.17) is 14.2 Å².